The van der Waals surface area contributed by atoms with E-state index in [4.69, 9.17) is 10.7 Å². The van der Waals surface area contributed by atoms with E-state index >= 15 is 0 Å². The average molecular weight is 264 g/mol. The summed E-state index contributed by atoms with van der Waals surface area (Å²) >= 11 is 0. The summed E-state index contributed by atoms with van der Waals surface area (Å²) in [4.78, 5) is 5.01. The van der Waals surface area contributed by atoms with Gasteiger partial charge in [-0.1, -0.05) is 45.4 Å². The molecule has 2 fully saturated rings. The smallest absolute Gasteiger partial charge is 0.0940 e. The van der Waals surface area contributed by atoms with Crippen molar-refractivity contribution in [3.8, 4) is 0 Å². The van der Waals surface area contributed by atoms with Crippen molar-refractivity contribution in [2.24, 2.45) is 22.6 Å². The molecule has 0 amide bonds. The Labute approximate surface area is 119 Å². The van der Waals surface area contributed by atoms with Crippen molar-refractivity contribution in [1.29, 1.82) is 0 Å². The minimum Gasteiger partial charge on any atom is -0.387 e. The highest BCUT2D eigenvalue weighted by Gasteiger charge is 2.31. The third kappa shape index (κ3) is 4.50. The molecule has 0 radical (unpaired) electrons. The zero-order chi connectivity index (χ0) is 13.5. The first-order valence-electron chi connectivity index (χ1n) is 8.63. The highest BCUT2D eigenvalue weighted by atomic mass is 14.9. The summed E-state index contributed by atoms with van der Waals surface area (Å²) in [5, 5.41) is 0. The Bertz CT molecular complexity index is 255. The lowest BCUT2D eigenvalue weighted by molar-refractivity contribution is 0.206. The fraction of sp³-hybridized carbons (Fsp3) is 0.941. The number of amidine groups is 1. The fourth-order valence-corrected chi connectivity index (χ4v) is 4.06. The van der Waals surface area contributed by atoms with Crippen LogP contribution in [0.4, 0.5) is 0 Å². The van der Waals surface area contributed by atoms with Crippen LogP contribution in [0.1, 0.15) is 84.0 Å². The average Bonchev–Trinajstić information content (AvgIpc) is 2.47. The van der Waals surface area contributed by atoms with Crippen LogP contribution in [-0.2, 0) is 0 Å². The van der Waals surface area contributed by atoms with Crippen molar-refractivity contribution < 1.29 is 0 Å². The minimum atomic E-state index is 0.548. The molecule has 0 spiro atoms. The number of rotatable bonds is 5. The van der Waals surface area contributed by atoms with Crippen molar-refractivity contribution in [3.05, 3.63) is 0 Å². The SMILES string of the molecule is CCCC(N)=NC(C1CCCCC1)C1CCCCC1. The number of hydrogen-bond acceptors (Lipinski definition) is 1. The fourth-order valence-electron chi connectivity index (χ4n) is 4.06. The van der Waals surface area contributed by atoms with Crippen LogP contribution in [0.3, 0.4) is 0 Å². The first-order chi connectivity index (χ1) is 9.31. The first-order valence-corrected chi connectivity index (χ1v) is 8.63. The topological polar surface area (TPSA) is 38.4 Å². The number of hydrogen-bond donors (Lipinski definition) is 1. The molecule has 2 N–H and O–H groups in total. The molecule has 19 heavy (non-hydrogen) atoms. The molecule has 0 aromatic rings. The highest BCUT2D eigenvalue weighted by Crippen LogP contribution is 2.37. The number of aliphatic imine (C=N–C) groups is 1. The molecule has 2 saturated carbocycles. The van der Waals surface area contributed by atoms with Crippen LogP contribution in [-0.4, -0.2) is 11.9 Å². The van der Waals surface area contributed by atoms with Crippen LogP contribution in [0.25, 0.3) is 0 Å². The molecule has 2 heteroatoms. The molecule has 0 unspecified atom stereocenters. The largest absolute Gasteiger partial charge is 0.387 e. The lowest BCUT2D eigenvalue weighted by Crippen LogP contribution is -2.33. The molecule has 0 aromatic carbocycles. The Balaban J connectivity index is 2.04. The first kappa shape index (κ1) is 14.9. The van der Waals surface area contributed by atoms with Crippen LogP contribution in [0.2, 0.25) is 0 Å². The van der Waals surface area contributed by atoms with Gasteiger partial charge in [0.05, 0.1) is 11.9 Å². The molecule has 110 valence electrons. The maximum Gasteiger partial charge on any atom is 0.0940 e. The minimum absolute atomic E-state index is 0.548. The molecule has 0 atom stereocenters. The molecular weight excluding hydrogens is 232 g/mol. The zero-order valence-corrected chi connectivity index (χ0v) is 12.7. The molecule has 2 aliphatic carbocycles. The van der Waals surface area contributed by atoms with Gasteiger partial charge in [-0.3, -0.25) is 4.99 Å². The monoisotopic (exact) mass is 264 g/mol. The van der Waals surface area contributed by atoms with Gasteiger partial charge in [0, 0.05) is 6.42 Å². The third-order valence-corrected chi connectivity index (χ3v) is 5.09. The summed E-state index contributed by atoms with van der Waals surface area (Å²) in [5.41, 5.74) is 6.15. The summed E-state index contributed by atoms with van der Waals surface area (Å²) in [7, 11) is 0. The predicted octanol–water partition coefficient (Wildman–Crippen LogP) is 4.67. The Kier molecular flexibility index (Phi) is 6.19. The van der Waals surface area contributed by atoms with Gasteiger partial charge in [-0.25, -0.2) is 0 Å². The summed E-state index contributed by atoms with van der Waals surface area (Å²) in [6, 6.07) is 0.548. The van der Waals surface area contributed by atoms with E-state index in [9.17, 15) is 0 Å². The van der Waals surface area contributed by atoms with Crippen molar-refractivity contribution in [2.75, 3.05) is 0 Å². The van der Waals surface area contributed by atoms with Gasteiger partial charge >= 0.3 is 0 Å². The second-order valence-electron chi connectivity index (χ2n) is 6.66. The van der Waals surface area contributed by atoms with E-state index in [2.05, 4.69) is 6.92 Å². The van der Waals surface area contributed by atoms with Gasteiger partial charge < -0.3 is 5.73 Å². The van der Waals surface area contributed by atoms with E-state index in [1.165, 1.54) is 64.2 Å². The van der Waals surface area contributed by atoms with Crippen LogP contribution >= 0.6 is 0 Å². The number of nitrogens with zero attached hydrogens (tertiary/aromatic N) is 1. The number of nitrogens with two attached hydrogens (primary N) is 1. The van der Waals surface area contributed by atoms with E-state index < -0.39 is 0 Å². The van der Waals surface area contributed by atoms with E-state index in [1.54, 1.807) is 0 Å². The predicted molar refractivity (Wildman–Crippen MR) is 83.5 cm³/mol. The molecule has 0 bridgehead atoms. The molecule has 0 saturated heterocycles. The Morgan fingerprint density at radius 1 is 0.947 bits per heavy atom. The van der Waals surface area contributed by atoms with Crippen molar-refractivity contribution in [3.63, 3.8) is 0 Å². The molecule has 2 aliphatic rings. The van der Waals surface area contributed by atoms with Crippen molar-refractivity contribution in [1.82, 2.24) is 0 Å². The van der Waals surface area contributed by atoms with Gasteiger partial charge in [0.1, 0.15) is 0 Å². The molecule has 0 aliphatic heterocycles. The standard InChI is InChI=1S/C17H32N2/c1-2-9-16(18)19-17(14-10-5-3-6-11-14)15-12-7-4-8-13-15/h14-15,17H,2-13H2,1H3,(H2,18,19). The maximum absolute atomic E-state index is 6.15. The van der Waals surface area contributed by atoms with Crippen LogP contribution < -0.4 is 5.73 Å². The van der Waals surface area contributed by atoms with Gasteiger partial charge in [-0.05, 0) is 43.9 Å². The van der Waals surface area contributed by atoms with Crippen LogP contribution in [0, 0.1) is 11.8 Å². The molecular formula is C17H32N2. The van der Waals surface area contributed by atoms with Crippen LogP contribution in [0.15, 0.2) is 4.99 Å². The Morgan fingerprint density at radius 2 is 1.42 bits per heavy atom. The summed E-state index contributed by atoms with van der Waals surface area (Å²) in [6.07, 6.45) is 16.2. The van der Waals surface area contributed by atoms with E-state index in [-0.39, 0.29) is 0 Å². The Hall–Kier alpha value is -0.530. The lowest BCUT2D eigenvalue weighted by atomic mass is 9.74. The van der Waals surface area contributed by atoms with E-state index in [1.807, 2.05) is 0 Å². The third-order valence-electron chi connectivity index (χ3n) is 5.09. The highest BCUT2D eigenvalue weighted by molar-refractivity contribution is 5.80. The molecule has 0 aromatic heterocycles. The van der Waals surface area contributed by atoms with Gasteiger partial charge in [-0.15, -0.1) is 0 Å². The van der Waals surface area contributed by atoms with Crippen LogP contribution in [0.5, 0.6) is 0 Å². The van der Waals surface area contributed by atoms with Crippen molar-refractivity contribution >= 4 is 5.84 Å². The summed E-state index contributed by atoms with van der Waals surface area (Å²) in [6.45, 7) is 2.19. The quantitative estimate of drug-likeness (QED) is 0.568. The maximum atomic E-state index is 6.15. The van der Waals surface area contributed by atoms with Gasteiger partial charge in [0.15, 0.2) is 0 Å². The Morgan fingerprint density at radius 3 is 1.84 bits per heavy atom. The van der Waals surface area contributed by atoms with E-state index in [0.717, 1.165) is 30.5 Å². The normalized spacial score (nSPS) is 24.0. The summed E-state index contributed by atoms with van der Waals surface area (Å²) in [5.74, 6) is 2.57. The van der Waals surface area contributed by atoms with Gasteiger partial charge in [0.2, 0.25) is 0 Å². The molecule has 0 heterocycles. The van der Waals surface area contributed by atoms with E-state index in [0.29, 0.717) is 6.04 Å². The molecule has 2 nitrogen and oxygen atoms in total. The summed E-state index contributed by atoms with van der Waals surface area (Å²) < 4.78 is 0. The van der Waals surface area contributed by atoms with Gasteiger partial charge in [-0.2, -0.15) is 0 Å². The zero-order valence-electron chi connectivity index (χ0n) is 12.7. The second-order valence-corrected chi connectivity index (χ2v) is 6.66. The lowest BCUT2D eigenvalue weighted by Gasteiger charge is -2.35. The van der Waals surface area contributed by atoms with Crippen molar-refractivity contribution in [2.45, 2.75) is 90.0 Å². The molecule has 2 rings (SSSR count). The van der Waals surface area contributed by atoms with Gasteiger partial charge in [0.25, 0.3) is 0 Å². The second kappa shape index (κ2) is 7.91.